The van der Waals surface area contributed by atoms with Crippen molar-refractivity contribution >= 4 is 17.8 Å². The summed E-state index contributed by atoms with van der Waals surface area (Å²) in [5.74, 6) is 0.526. The fourth-order valence-electron chi connectivity index (χ4n) is 4.79. The van der Waals surface area contributed by atoms with Crippen LogP contribution in [0.15, 0.2) is 18.5 Å². The van der Waals surface area contributed by atoms with E-state index in [0.29, 0.717) is 23.6 Å². The van der Waals surface area contributed by atoms with Crippen LogP contribution in [0.1, 0.15) is 62.4 Å². The van der Waals surface area contributed by atoms with Gasteiger partial charge in [-0.1, -0.05) is 12.8 Å². The monoisotopic (exact) mass is 426 g/mol. The minimum absolute atomic E-state index is 0.0542. The van der Waals surface area contributed by atoms with Crippen LogP contribution in [0.4, 0.5) is 10.6 Å². The molecule has 0 spiro atoms. The fourth-order valence-corrected chi connectivity index (χ4v) is 4.79. The van der Waals surface area contributed by atoms with Crippen LogP contribution >= 0.6 is 0 Å². The largest absolute Gasteiger partial charge is 0.465 e. The van der Waals surface area contributed by atoms with E-state index in [-0.39, 0.29) is 18.0 Å². The maximum absolute atomic E-state index is 12.4. The van der Waals surface area contributed by atoms with E-state index in [4.69, 9.17) is 4.98 Å². The number of hydrogen-bond donors (Lipinski definition) is 3. The number of hydrogen-bond acceptors (Lipinski definition) is 5. The first-order valence-corrected chi connectivity index (χ1v) is 10.7. The van der Waals surface area contributed by atoms with Gasteiger partial charge in [-0.3, -0.25) is 14.4 Å². The number of fused-ring (bicyclic) bond motifs is 1. The summed E-state index contributed by atoms with van der Waals surface area (Å²) < 4.78 is 1.68. The number of aromatic nitrogens is 3. The highest BCUT2D eigenvalue weighted by molar-refractivity contribution is 6.04. The van der Waals surface area contributed by atoms with Gasteiger partial charge in [0, 0.05) is 36.9 Å². The van der Waals surface area contributed by atoms with Crippen LogP contribution in [0, 0.1) is 0 Å². The number of anilines is 1. The predicted octanol–water partition coefficient (Wildman–Crippen LogP) is 3.23. The lowest BCUT2D eigenvalue weighted by Gasteiger charge is -2.45. The van der Waals surface area contributed by atoms with E-state index >= 15 is 0 Å². The summed E-state index contributed by atoms with van der Waals surface area (Å²) in [6.07, 6.45) is 6.34. The highest BCUT2D eigenvalue weighted by atomic mass is 16.4. The molecule has 0 saturated heterocycles. The van der Waals surface area contributed by atoms with Gasteiger partial charge >= 0.3 is 6.09 Å². The Hall–Kier alpha value is -3.10. The van der Waals surface area contributed by atoms with Crippen LogP contribution < -0.4 is 10.6 Å². The Morgan fingerprint density at radius 1 is 1.32 bits per heavy atom. The highest BCUT2D eigenvalue weighted by Crippen LogP contribution is 2.33. The molecule has 1 aliphatic carbocycles. The van der Waals surface area contributed by atoms with E-state index in [1.165, 1.54) is 0 Å². The van der Waals surface area contributed by atoms with E-state index < -0.39 is 11.6 Å². The average molecular weight is 427 g/mol. The Morgan fingerprint density at radius 2 is 2.06 bits per heavy atom. The van der Waals surface area contributed by atoms with Crippen molar-refractivity contribution in [3.8, 4) is 11.3 Å². The number of amides is 2. The molecule has 31 heavy (non-hydrogen) atoms. The molecule has 9 nitrogen and oxygen atoms in total. The Kier molecular flexibility index (Phi) is 5.36. The van der Waals surface area contributed by atoms with Gasteiger partial charge in [0.1, 0.15) is 5.82 Å². The third kappa shape index (κ3) is 4.08. The lowest BCUT2D eigenvalue weighted by molar-refractivity contribution is 0.0520. The lowest BCUT2D eigenvalue weighted by atomic mass is 9.86. The molecule has 0 radical (unpaired) electrons. The van der Waals surface area contributed by atoms with Crippen LogP contribution in [-0.2, 0) is 13.6 Å². The molecule has 1 aliphatic heterocycles. The van der Waals surface area contributed by atoms with Crippen LogP contribution in [0.2, 0.25) is 0 Å². The summed E-state index contributed by atoms with van der Waals surface area (Å²) >= 11 is 0. The topological polar surface area (TPSA) is 112 Å². The molecule has 2 unspecified atom stereocenters. The van der Waals surface area contributed by atoms with Gasteiger partial charge in [-0.15, -0.1) is 0 Å². The Balaban J connectivity index is 1.70. The predicted molar refractivity (Wildman–Crippen MR) is 117 cm³/mol. The van der Waals surface area contributed by atoms with Gasteiger partial charge < -0.3 is 15.7 Å². The first kappa shape index (κ1) is 21.1. The molecule has 166 valence electrons. The van der Waals surface area contributed by atoms with Crippen LogP contribution in [0.25, 0.3) is 11.3 Å². The maximum Gasteiger partial charge on any atom is 0.408 e. The molecule has 2 aromatic heterocycles. The zero-order chi connectivity index (χ0) is 22.3. The number of carboxylic acid groups (broad SMARTS) is 1. The second kappa shape index (κ2) is 7.86. The fraction of sp³-hybridized carbons (Fsp3) is 0.545. The van der Waals surface area contributed by atoms with Crippen molar-refractivity contribution in [3.63, 3.8) is 0 Å². The molecule has 1 saturated carbocycles. The number of carbonyl (C=O) groups is 2. The quantitative estimate of drug-likeness (QED) is 0.692. The summed E-state index contributed by atoms with van der Waals surface area (Å²) in [7, 11) is 1.82. The van der Waals surface area contributed by atoms with E-state index in [2.05, 4.69) is 15.7 Å². The smallest absolute Gasteiger partial charge is 0.408 e. The van der Waals surface area contributed by atoms with Gasteiger partial charge in [-0.2, -0.15) is 5.10 Å². The number of rotatable bonds is 4. The van der Waals surface area contributed by atoms with Crippen molar-refractivity contribution in [2.75, 3.05) is 5.32 Å². The summed E-state index contributed by atoms with van der Waals surface area (Å²) in [5.41, 5.74) is 2.35. The molecular formula is C22H30N6O3. The second-order valence-electron chi connectivity index (χ2n) is 9.40. The van der Waals surface area contributed by atoms with Gasteiger partial charge in [-0.25, -0.2) is 9.78 Å². The Morgan fingerprint density at radius 3 is 2.71 bits per heavy atom. The first-order valence-electron chi connectivity index (χ1n) is 10.7. The van der Waals surface area contributed by atoms with Gasteiger partial charge in [0.2, 0.25) is 0 Å². The third-order valence-electron chi connectivity index (χ3n) is 6.07. The SMILES string of the molecule is Cn1cc(-c2nc(NC3CCCCC3N(C(=O)O)C(C)(C)C)cc3c2C(=O)NC3)cn1. The summed E-state index contributed by atoms with van der Waals surface area (Å²) in [6, 6.07) is 1.70. The standard InChI is InChI=1S/C22H30N6O3/c1-22(2,3)28(21(30)31)16-8-6-5-7-15(16)25-17-9-13-10-23-20(29)18(13)19(26-17)14-11-24-27(4)12-14/h9,11-12,15-16H,5-8,10H2,1-4H3,(H,23,29)(H,25,26)(H,30,31). The third-order valence-corrected chi connectivity index (χ3v) is 6.07. The molecule has 2 atom stereocenters. The summed E-state index contributed by atoms with van der Waals surface area (Å²) in [4.78, 5) is 30.9. The zero-order valence-electron chi connectivity index (χ0n) is 18.5. The maximum atomic E-state index is 12.4. The Labute approximate surface area is 181 Å². The first-order chi connectivity index (χ1) is 14.6. The van der Waals surface area contributed by atoms with E-state index in [0.717, 1.165) is 36.8 Å². The Bertz CT molecular complexity index is 1010. The number of nitrogens with zero attached hydrogens (tertiary/aromatic N) is 4. The molecule has 4 rings (SSSR count). The minimum Gasteiger partial charge on any atom is -0.465 e. The van der Waals surface area contributed by atoms with E-state index in [1.54, 1.807) is 15.8 Å². The number of carbonyl (C=O) groups excluding carboxylic acids is 1. The van der Waals surface area contributed by atoms with Crippen LogP contribution in [-0.4, -0.2) is 54.4 Å². The zero-order valence-corrected chi connectivity index (χ0v) is 18.5. The van der Waals surface area contributed by atoms with Gasteiger partial charge in [0.25, 0.3) is 5.91 Å². The summed E-state index contributed by atoms with van der Waals surface area (Å²) in [6.45, 7) is 6.24. The average Bonchev–Trinajstić information content (AvgIpc) is 3.27. The van der Waals surface area contributed by atoms with Gasteiger partial charge in [0.15, 0.2) is 0 Å². The normalized spacial score (nSPS) is 20.8. The van der Waals surface area contributed by atoms with Crippen molar-refractivity contribution in [1.29, 1.82) is 0 Å². The molecule has 0 aromatic carbocycles. The van der Waals surface area contributed by atoms with Crippen molar-refractivity contribution in [2.24, 2.45) is 7.05 Å². The molecule has 2 amide bonds. The minimum atomic E-state index is -0.904. The van der Waals surface area contributed by atoms with Gasteiger partial charge in [-0.05, 0) is 45.2 Å². The van der Waals surface area contributed by atoms with Gasteiger partial charge in [0.05, 0.1) is 23.5 Å². The molecule has 1 fully saturated rings. The highest BCUT2D eigenvalue weighted by Gasteiger charge is 2.39. The van der Waals surface area contributed by atoms with Crippen molar-refractivity contribution < 1.29 is 14.7 Å². The number of nitrogens with one attached hydrogen (secondary N) is 2. The van der Waals surface area contributed by atoms with E-state index in [1.807, 2.05) is 40.1 Å². The van der Waals surface area contributed by atoms with Crippen LogP contribution in [0.5, 0.6) is 0 Å². The molecule has 0 bridgehead atoms. The molecule has 3 N–H and O–H groups in total. The molecule has 2 aromatic rings. The molecule has 3 heterocycles. The molecule has 2 aliphatic rings. The lowest BCUT2D eigenvalue weighted by Crippen LogP contribution is -2.58. The van der Waals surface area contributed by atoms with E-state index in [9.17, 15) is 14.7 Å². The second-order valence-corrected chi connectivity index (χ2v) is 9.40. The van der Waals surface area contributed by atoms with Crippen LogP contribution in [0.3, 0.4) is 0 Å². The van der Waals surface area contributed by atoms with Crippen molar-refractivity contribution in [2.45, 2.75) is 70.6 Å². The number of pyridine rings is 1. The van der Waals surface area contributed by atoms with Crippen molar-refractivity contribution in [1.82, 2.24) is 25.0 Å². The van der Waals surface area contributed by atoms with Crippen molar-refractivity contribution in [3.05, 3.63) is 29.6 Å². The number of aryl methyl sites for hydroxylation is 1. The molecular weight excluding hydrogens is 396 g/mol. The molecule has 9 heteroatoms. The summed E-state index contributed by atoms with van der Waals surface area (Å²) in [5, 5.41) is 20.5.